The Balaban J connectivity index is 1.50. The lowest BCUT2D eigenvalue weighted by molar-refractivity contribution is -0.137. The number of anilines is 1. The van der Waals surface area contributed by atoms with Crippen LogP contribution in [-0.4, -0.2) is 29.9 Å². The highest BCUT2D eigenvalue weighted by Gasteiger charge is 2.35. The van der Waals surface area contributed by atoms with E-state index in [1.807, 2.05) is 6.07 Å². The van der Waals surface area contributed by atoms with Crippen LogP contribution in [0, 0.1) is 18.7 Å². The summed E-state index contributed by atoms with van der Waals surface area (Å²) in [6, 6.07) is 18.1. The van der Waals surface area contributed by atoms with Crippen LogP contribution in [0.1, 0.15) is 34.6 Å². The maximum atomic E-state index is 13.9. The molecule has 2 atom stereocenters. The second kappa shape index (κ2) is 11.0. The molecule has 37 heavy (non-hydrogen) atoms. The Morgan fingerprint density at radius 1 is 0.973 bits per heavy atom. The maximum Gasteiger partial charge on any atom is 0.416 e. The Morgan fingerprint density at radius 2 is 1.73 bits per heavy atom. The van der Waals surface area contributed by atoms with E-state index in [9.17, 15) is 27.2 Å². The molecule has 1 saturated heterocycles. The second-order valence-electron chi connectivity index (χ2n) is 9.26. The van der Waals surface area contributed by atoms with Gasteiger partial charge in [0, 0.05) is 31.2 Å². The number of alkyl halides is 3. The SMILES string of the molecule is Cc1cc([C@H]2C[C@@H](C(=O)NCc3cccc(C(F)(F)F)c3)CN(C(=O)Nc3ccccc3)C2)ccc1F. The molecular formula is C28H27F4N3O2. The zero-order valence-corrected chi connectivity index (χ0v) is 20.2. The van der Waals surface area contributed by atoms with Gasteiger partial charge in [0.2, 0.25) is 5.91 Å². The van der Waals surface area contributed by atoms with Gasteiger partial charge in [-0.15, -0.1) is 0 Å². The first-order valence-electron chi connectivity index (χ1n) is 11.9. The van der Waals surface area contributed by atoms with Crippen LogP contribution >= 0.6 is 0 Å². The molecule has 0 aliphatic carbocycles. The van der Waals surface area contributed by atoms with E-state index < -0.39 is 17.7 Å². The van der Waals surface area contributed by atoms with Crippen LogP contribution in [0.4, 0.5) is 28.0 Å². The number of amides is 3. The zero-order chi connectivity index (χ0) is 26.6. The second-order valence-corrected chi connectivity index (χ2v) is 9.26. The van der Waals surface area contributed by atoms with Crippen molar-refractivity contribution in [3.63, 3.8) is 0 Å². The van der Waals surface area contributed by atoms with Gasteiger partial charge in [0.15, 0.2) is 0 Å². The van der Waals surface area contributed by atoms with Gasteiger partial charge in [0.25, 0.3) is 0 Å². The van der Waals surface area contributed by atoms with Gasteiger partial charge >= 0.3 is 12.2 Å². The number of hydrogen-bond acceptors (Lipinski definition) is 2. The van der Waals surface area contributed by atoms with Crippen molar-refractivity contribution in [3.8, 4) is 0 Å². The number of nitrogens with zero attached hydrogens (tertiary/aromatic N) is 1. The molecule has 1 heterocycles. The molecule has 0 aromatic heterocycles. The maximum absolute atomic E-state index is 13.9. The van der Waals surface area contributed by atoms with E-state index in [0.717, 1.165) is 17.7 Å². The van der Waals surface area contributed by atoms with Crippen molar-refractivity contribution >= 4 is 17.6 Å². The number of piperidine rings is 1. The van der Waals surface area contributed by atoms with E-state index >= 15 is 0 Å². The molecule has 194 valence electrons. The van der Waals surface area contributed by atoms with E-state index in [1.54, 1.807) is 48.2 Å². The van der Waals surface area contributed by atoms with Gasteiger partial charge in [-0.2, -0.15) is 13.2 Å². The summed E-state index contributed by atoms with van der Waals surface area (Å²) in [5.74, 6) is -1.53. The van der Waals surface area contributed by atoms with E-state index in [1.165, 1.54) is 18.2 Å². The number of likely N-dealkylation sites (tertiary alicyclic amines) is 1. The topological polar surface area (TPSA) is 61.4 Å². The fourth-order valence-corrected chi connectivity index (χ4v) is 4.53. The monoisotopic (exact) mass is 513 g/mol. The van der Waals surface area contributed by atoms with Crippen molar-refractivity contribution in [2.75, 3.05) is 18.4 Å². The lowest BCUT2D eigenvalue weighted by Crippen LogP contribution is -2.49. The van der Waals surface area contributed by atoms with Crippen molar-refractivity contribution in [1.82, 2.24) is 10.2 Å². The number of rotatable bonds is 5. The largest absolute Gasteiger partial charge is 0.416 e. The number of carbonyl (C=O) groups excluding carboxylic acids is 2. The van der Waals surface area contributed by atoms with E-state index in [-0.39, 0.29) is 36.8 Å². The van der Waals surface area contributed by atoms with Crippen LogP contribution < -0.4 is 10.6 Å². The quantitative estimate of drug-likeness (QED) is 0.405. The minimum Gasteiger partial charge on any atom is -0.352 e. The van der Waals surface area contributed by atoms with Gasteiger partial charge in [-0.05, 0) is 60.4 Å². The molecule has 1 aliphatic rings. The van der Waals surface area contributed by atoms with Crippen molar-refractivity contribution < 1.29 is 27.2 Å². The zero-order valence-electron chi connectivity index (χ0n) is 20.2. The molecule has 0 saturated carbocycles. The highest BCUT2D eigenvalue weighted by Crippen LogP contribution is 2.32. The fourth-order valence-electron chi connectivity index (χ4n) is 4.53. The number of urea groups is 1. The molecule has 0 radical (unpaired) electrons. The summed E-state index contributed by atoms with van der Waals surface area (Å²) in [7, 11) is 0. The normalized spacial score (nSPS) is 17.8. The number of halogens is 4. The number of hydrogen-bond donors (Lipinski definition) is 2. The molecule has 3 aromatic carbocycles. The minimum absolute atomic E-state index is 0.0736. The summed E-state index contributed by atoms with van der Waals surface area (Å²) < 4.78 is 53.0. The van der Waals surface area contributed by atoms with E-state index in [2.05, 4.69) is 10.6 Å². The molecule has 0 unspecified atom stereocenters. The lowest BCUT2D eigenvalue weighted by atomic mass is 9.83. The van der Waals surface area contributed by atoms with Gasteiger partial charge in [-0.3, -0.25) is 4.79 Å². The lowest BCUT2D eigenvalue weighted by Gasteiger charge is -2.37. The predicted molar refractivity (Wildman–Crippen MR) is 132 cm³/mol. The summed E-state index contributed by atoms with van der Waals surface area (Å²) >= 11 is 0. The Bertz CT molecular complexity index is 1260. The highest BCUT2D eigenvalue weighted by atomic mass is 19.4. The smallest absolute Gasteiger partial charge is 0.352 e. The third-order valence-corrected chi connectivity index (χ3v) is 6.51. The number of para-hydroxylation sites is 1. The fraction of sp³-hybridized carbons (Fsp3) is 0.286. The minimum atomic E-state index is -4.48. The first-order chi connectivity index (χ1) is 17.6. The molecule has 9 heteroatoms. The van der Waals surface area contributed by atoms with Gasteiger partial charge in [0.05, 0.1) is 11.5 Å². The number of aryl methyl sites for hydroxylation is 1. The summed E-state index contributed by atoms with van der Waals surface area (Å²) in [5, 5.41) is 5.55. The molecule has 3 aromatic rings. The molecule has 0 spiro atoms. The van der Waals surface area contributed by atoms with Crippen molar-refractivity contribution in [3.05, 3.63) is 101 Å². The third-order valence-electron chi connectivity index (χ3n) is 6.51. The van der Waals surface area contributed by atoms with Gasteiger partial charge in [-0.1, -0.05) is 42.5 Å². The highest BCUT2D eigenvalue weighted by molar-refractivity contribution is 5.90. The summed E-state index contributed by atoms with van der Waals surface area (Å²) in [6.45, 7) is 2.06. The summed E-state index contributed by atoms with van der Waals surface area (Å²) in [4.78, 5) is 27.7. The molecule has 1 fully saturated rings. The van der Waals surface area contributed by atoms with Crippen molar-refractivity contribution in [2.45, 2.75) is 32.0 Å². The molecule has 1 aliphatic heterocycles. The Kier molecular flexibility index (Phi) is 7.80. The number of nitrogens with one attached hydrogen (secondary N) is 2. The van der Waals surface area contributed by atoms with Crippen LogP contribution in [0.5, 0.6) is 0 Å². The molecule has 4 rings (SSSR count). The van der Waals surface area contributed by atoms with Gasteiger partial charge in [-0.25, -0.2) is 9.18 Å². The molecule has 3 amide bonds. The molecule has 2 N–H and O–H groups in total. The van der Waals surface area contributed by atoms with E-state index in [0.29, 0.717) is 29.8 Å². The Morgan fingerprint density at radius 3 is 2.43 bits per heavy atom. The van der Waals surface area contributed by atoms with Gasteiger partial charge < -0.3 is 15.5 Å². The summed E-state index contributed by atoms with van der Waals surface area (Å²) in [5.41, 5.74) is 1.43. The van der Waals surface area contributed by atoms with Crippen LogP contribution in [0.3, 0.4) is 0 Å². The molecule has 0 bridgehead atoms. The van der Waals surface area contributed by atoms with Crippen molar-refractivity contribution in [1.29, 1.82) is 0 Å². The van der Waals surface area contributed by atoms with Crippen LogP contribution in [-0.2, 0) is 17.5 Å². The van der Waals surface area contributed by atoms with E-state index in [4.69, 9.17) is 0 Å². The summed E-state index contributed by atoms with van der Waals surface area (Å²) in [6.07, 6.45) is -4.06. The number of benzene rings is 3. The molecule has 5 nitrogen and oxygen atoms in total. The standard InChI is InChI=1S/C28H27F4N3O2/c1-18-12-20(10-11-25(18)29)21-14-22(17-35(16-21)27(37)34-24-8-3-2-4-9-24)26(36)33-15-19-6-5-7-23(13-19)28(30,31)32/h2-13,21-22H,14-17H2,1H3,(H,33,36)(H,34,37)/t21-,22+/m0/s1. The predicted octanol–water partition coefficient (Wildman–Crippen LogP) is 6.11. The Labute approximate surface area is 212 Å². The third kappa shape index (κ3) is 6.67. The van der Waals surface area contributed by atoms with Crippen LogP contribution in [0.15, 0.2) is 72.8 Å². The number of carbonyl (C=O) groups is 2. The average Bonchev–Trinajstić information content (AvgIpc) is 2.89. The Hall–Kier alpha value is -3.88. The first-order valence-corrected chi connectivity index (χ1v) is 11.9. The van der Waals surface area contributed by atoms with Crippen LogP contribution in [0.2, 0.25) is 0 Å². The first kappa shape index (κ1) is 26.2. The van der Waals surface area contributed by atoms with Crippen LogP contribution in [0.25, 0.3) is 0 Å². The average molecular weight is 514 g/mol. The molecular weight excluding hydrogens is 486 g/mol. The van der Waals surface area contributed by atoms with Gasteiger partial charge in [0.1, 0.15) is 5.82 Å². The van der Waals surface area contributed by atoms with Crippen molar-refractivity contribution in [2.24, 2.45) is 5.92 Å².